The van der Waals surface area contributed by atoms with Gasteiger partial charge in [-0.15, -0.1) is 68.0 Å². The van der Waals surface area contributed by atoms with E-state index in [9.17, 15) is 38.7 Å². The second kappa shape index (κ2) is 24.8. The van der Waals surface area contributed by atoms with E-state index in [0.29, 0.717) is 98.8 Å². The normalized spacial score (nSPS) is 19.7. The molecule has 10 heterocycles. The number of aliphatic hydroxyl groups is 1. The number of aryl methyl sites for hydroxylation is 2. The predicted octanol–water partition coefficient (Wildman–Crippen LogP) is 6.10. The average Bonchev–Trinajstić information content (AvgIpc) is 2.72. The van der Waals surface area contributed by atoms with Crippen molar-refractivity contribution in [2.75, 3.05) is 26.7 Å². The monoisotopic (exact) mass is 1260 g/mol. The highest BCUT2D eigenvalue weighted by Gasteiger charge is 2.39. The molecule has 0 aliphatic carbocycles. The van der Waals surface area contributed by atoms with Crippen LogP contribution in [0.1, 0.15) is 125 Å². The number of carbonyl (C=O) groups excluding carboxylic acids is 7. The van der Waals surface area contributed by atoms with Crippen LogP contribution in [0, 0.1) is 19.8 Å². The second-order valence-electron chi connectivity index (χ2n) is 20.2. The summed E-state index contributed by atoms with van der Waals surface area (Å²) in [7, 11) is 1.48. The zero-order chi connectivity index (χ0) is 59.8. The van der Waals surface area contributed by atoms with Crippen LogP contribution in [0.2, 0.25) is 0 Å². The van der Waals surface area contributed by atoms with Crippen molar-refractivity contribution in [3.05, 3.63) is 117 Å². The number of nitrogens with two attached hydrogens (primary N) is 1. The molecular formula is C55H53N15O9S6. The number of hydrogen-bond acceptors (Lipinski definition) is 23. The fourth-order valence-electron chi connectivity index (χ4n) is 9.69. The van der Waals surface area contributed by atoms with Crippen LogP contribution in [-0.2, 0) is 23.9 Å². The van der Waals surface area contributed by atoms with Crippen LogP contribution < -0.4 is 32.3 Å². The number of ether oxygens (including phenoxy) is 1. The minimum atomic E-state index is -1.27. The molecule has 8 aromatic rings. The van der Waals surface area contributed by atoms with Crippen molar-refractivity contribution in [2.45, 2.75) is 83.3 Å². The van der Waals surface area contributed by atoms with Gasteiger partial charge in [-0.25, -0.2) is 39.9 Å². The van der Waals surface area contributed by atoms with E-state index in [2.05, 4.69) is 36.6 Å². The summed E-state index contributed by atoms with van der Waals surface area (Å²) in [4.78, 5) is 136. The Hall–Kier alpha value is -8.13. The van der Waals surface area contributed by atoms with Gasteiger partial charge in [-0.3, -0.25) is 33.6 Å². The number of carbonyl (C=O) groups is 7. The molecule has 1 saturated heterocycles. The molecule has 0 unspecified atom stereocenters. The van der Waals surface area contributed by atoms with Crippen LogP contribution in [0.3, 0.4) is 0 Å². The van der Waals surface area contributed by atoms with E-state index in [1.54, 1.807) is 77.8 Å². The standard InChI is InChI=1S/C55H53N15O9S6/c1-23(2)38-54-69-39(24(3)85-54)46(76)58-17-37(72)66-42(43(73)26-10-7-6-8-11-26)53-65-34(22-83-53)51-62-31(19-81-51)41-27(49-63-32(20-80-49)45(75)60-29(16-36(71)57-5)52-68-40(25(4)84-52)47(77)67-38)13-14-28(59-41)50-64-33(21-82-50)48-61-30(18-79-48)55(78)70-15-9-12-35(70)44(56)74/h6-8,10-11,13-14,19-23,29-30,35,38,42-43,73H,9,12,15-18H2,1-5H3,(H2,56,74)(H,57,71)(H,58,76)(H,60,75)(H,66,72)(H,67,77)/t29-,30-,35-,38+,42-,43+/m0/s1. The third kappa shape index (κ3) is 12.4. The van der Waals surface area contributed by atoms with E-state index in [1.165, 1.54) is 68.6 Å². The van der Waals surface area contributed by atoms with Crippen molar-refractivity contribution < 1.29 is 43.4 Å². The number of aliphatic hydroxyl groups excluding tert-OH is 1. The fourth-order valence-corrected chi connectivity index (χ4v) is 15.1. The predicted molar refractivity (Wildman–Crippen MR) is 321 cm³/mol. The SMILES string of the molecule is CNC(=O)C[C@@H]1NC(=O)c2csc(n2)-c2ccc(-c3nc(C4=N[C@H](C(=O)N5CCC[C@H]5C(N)=O)CO4)cs3)nc2-c2csc(n2)-c2csc(n2)[C@H]([C@H](O)c2ccccc2)NC(=O)CNC(=O)c2nc(sc2C)[C@@H](C(C)C)NC(=O)c2nc1sc2C. The van der Waals surface area contributed by atoms with Crippen LogP contribution in [0.5, 0.6) is 0 Å². The highest BCUT2D eigenvalue weighted by atomic mass is 32.1. The zero-order valence-corrected chi connectivity index (χ0v) is 50.8. The quantitative estimate of drug-likeness (QED) is 0.0859. The molecule has 30 heteroatoms. The Bertz CT molecular complexity index is 3940. The Morgan fingerprint density at radius 1 is 0.718 bits per heavy atom. The highest BCUT2D eigenvalue weighted by Crippen LogP contribution is 2.40. The third-order valence-corrected chi connectivity index (χ3v) is 19.8. The number of thiazole rings is 6. The summed E-state index contributed by atoms with van der Waals surface area (Å²) in [5, 5.41) is 35.3. The minimum Gasteiger partial charge on any atom is -0.473 e. The molecule has 3 aliphatic heterocycles. The first-order valence-electron chi connectivity index (χ1n) is 26.6. The molecule has 0 radical (unpaired) electrons. The van der Waals surface area contributed by atoms with Crippen molar-refractivity contribution in [1.82, 2.24) is 66.4 Å². The van der Waals surface area contributed by atoms with Crippen molar-refractivity contribution in [1.29, 1.82) is 0 Å². The maximum Gasteiger partial charge on any atom is 0.271 e. The lowest BCUT2D eigenvalue weighted by Gasteiger charge is -2.23. The molecule has 11 rings (SSSR count). The lowest BCUT2D eigenvalue weighted by Crippen LogP contribution is -2.47. The lowest BCUT2D eigenvalue weighted by atomic mass is 10.0. The van der Waals surface area contributed by atoms with E-state index in [4.69, 9.17) is 40.4 Å². The maximum atomic E-state index is 14.3. The van der Waals surface area contributed by atoms with Gasteiger partial charge in [0, 0.05) is 50.4 Å². The molecule has 7 amide bonds. The fraction of sp³-hybridized carbons (Fsp3) is 0.327. The van der Waals surface area contributed by atoms with Crippen LogP contribution in [0.4, 0.5) is 0 Å². The first-order valence-corrected chi connectivity index (χ1v) is 31.8. The van der Waals surface area contributed by atoms with Gasteiger partial charge in [0.05, 0.1) is 30.7 Å². The number of nitrogens with zero attached hydrogens (tertiary/aromatic N) is 9. The largest absolute Gasteiger partial charge is 0.473 e. The summed E-state index contributed by atoms with van der Waals surface area (Å²) in [5.41, 5.74) is 8.79. The van der Waals surface area contributed by atoms with Crippen LogP contribution in [0.25, 0.3) is 43.4 Å². The molecule has 1 fully saturated rings. The van der Waals surface area contributed by atoms with Crippen molar-refractivity contribution in [3.8, 4) is 43.4 Å². The van der Waals surface area contributed by atoms with Gasteiger partial charge in [0.2, 0.25) is 23.6 Å². The van der Waals surface area contributed by atoms with E-state index in [-0.39, 0.29) is 47.8 Å². The number of aromatic nitrogens is 7. The number of hydrogen-bond donors (Lipinski definition) is 7. The van der Waals surface area contributed by atoms with Crippen molar-refractivity contribution in [3.63, 3.8) is 0 Å². The minimum absolute atomic E-state index is 0.0283. The molecule has 10 bridgehead atoms. The molecule has 1 aromatic carbocycles. The molecule has 7 aromatic heterocycles. The average molecular weight is 1260 g/mol. The Morgan fingerprint density at radius 2 is 1.39 bits per heavy atom. The number of aliphatic imine (C=N–C) groups is 1. The summed E-state index contributed by atoms with van der Waals surface area (Å²) in [6, 6.07) is 8.04. The van der Waals surface area contributed by atoms with Gasteiger partial charge in [0.1, 0.15) is 94.7 Å². The molecule has 8 N–H and O–H groups in total. The third-order valence-electron chi connectivity index (χ3n) is 14.1. The Balaban J connectivity index is 0.965. The van der Waals surface area contributed by atoms with Crippen molar-refractivity contribution >= 4 is 115 Å². The van der Waals surface area contributed by atoms with E-state index in [0.717, 1.165) is 11.3 Å². The molecule has 6 atom stereocenters. The van der Waals surface area contributed by atoms with Gasteiger partial charge in [-0.1, -0.05) is 44.2 Å². The topological polar surface area (TPSA) is 341 Å². The summed E-state index contributed by atoms with van der Waals surface area (Å²) >= 11 is 7.28. The molecule has 0 saturated carbocycles. The smallest absolute Gasteiger partial charge is 0.271 e. The number of fused-ring (bicyclic) bond motifs is 14. The van der Waals surface area contributed by atoms with Gasteiger partial charge in [0.15, 0.2) is 6.04 Å². The first kappa shape index (κ1) is 58.6. The molecule has 24 nitrogen and oxygen atoms in total. The maximum absolute atomic E-state index is 14.3. The van der Waals surface area contributed by atoms with Crippen LogP contribution in [0.15, 0.2) is 69.0 Å². The highest BCUT2D eigenvalue weighted by molar-refractivity contribution is 7.15. The summed E-state index contributed by atoms with van der Waals surface area (Å²) < 4.78 is 5.89. The number of primary amides is 1. The Morgan fingerprint density at radius 3 is 2.14 bits per heavy atom. The Labute approximate surface area is 508 Å². The molecular weight excluding hydrogens is 1210 g/mol. The first-order chi connectivity index (χ1) is 40.9. The number of amides is 7. The van der Waals surface area contributed by atoms with Crippen molar-refractivity contribution in [2.24, 2.45) is 16.6 Å². The number of benzene rings is 1. The van der Waals surface area contributed by atoms with Gasteiger partial charge < -0.3 is 47.1 Å². The lowest BCUT2D eigenvalue weighted by molar-refractivity contribution is -0.138. The number of likely N-dealkylation sites (tertiary alicyclic amines) is 1. The second-order valence-corrected chi connectivity index (χ2v) is 26.2. The molecule has 3 aliphatic rings. The number of rotatable bonds is 9. The summed E-state index contributed by atoms with van der Waals surface area (Å²) in [6.45, 7) is 7.10. The summed E-state index contributed by atoms with van der Waals surface area (Å²) in [5.74, 6) is -3.75. The van der Waals surface area contributed by atoms with Crippen LogP contribution in [-0.4, -0.2) is 131 Å². The number of nitrogens with one attached hydrogen (secondary N) is 5. The van der Waals surface area contributed by atoms with Gasteiger partial charge >= 0.3 is 0 Å². The van der Waals surface area contributed by atoms with Crippen LogP contribution >= 0.6 is 68.0 Å². The van der Waals surface area contributed by atoms with Gasteiger partial charge in [-0.2, -0.15) is 0 Å². The zero-order valence-electron chi connectivity index (χ0n) is 45.9. The van der Waals surface area contributed by atoms with E-state index < -0.39 is 78.3 Å². The molecule has 0 spiro atoms. The van der Waals surface area contributed by atoms with E-state index in [1.807, 2.05) is 13.8 Å². The molecule has 438 valence electrons. The van der Waals surface area contributed by atoms with E-state index >= 15 is 0 Å². The Kier molecular flexibility index (Phi) is 17.1. The molecule has 85 heavy (non-hydrogen) atoms. The summed E-state index contributed by atoms with van der Waals surface area (Å²) in [6.07, 6.45) is -0.341. The van der Waals surface area contributed by atoms with Gasteiger partial charge in [-0.05, 0) is 50.3 Å². The van der Waals surface area contributed by atoms with Gasteiger partial charge in [0.25, 0.3) is 23.6 Å². The number of pyridine rings is 1.